The molecule has 2 aromatic carbocycles. The monoisotopic (exact) mass is 361 g/mol. The van der Waals surface area contributed by atoms with Crippen molar-refractivity contribution in [2.45, 2.75) is 12.8 Å². The summed E-state index contributed by atoms with van der Waals surface area (Å²) >= 11 is 0. The summed E-state index contributed by atoms with van der Waals surface area (Å²) in [7, 11) is -3.20. The average molecular weight is 361 g/mol. The normalized spacial score (nSPS) is 18.3. The highest BCUT2D eigenvalue weighted by Gasteiger charge is 2.24. The molecule has 6 nitrogen and oxygen atoms in total. The third-order valence-corrected chi connectivity index (χ3v) is 5.16. The molecule has 2 amide bonds. The lowest BCUT2D eigenvalue weighted by atomic mass is 9.99. The lowest BCUT2D eigenvalue weighted by Crippen LogP contribution is -2.45. The van der Waals surface area contributed by atoms with Gasteiger partial charge in [0.25, 0.3) is 0 Å². The minimum Gasteiger partial charge on any atom is -0.324 e. The van der Waals surface area contributed by atoms with Gasteiger partial charge in [0.15, 0.2) is 0 Å². The standard InChI is InChI=1S/C18H23N3O3S/c1-25(23,24)19-12-14-6-5-11-21(13-14)18(22)20-17-10-4-8-15-7-2-3-9-16(15)17/h2-4,7-10,14,19H,5-6,11-13H2,1H3,(H,20,22)/t14-/m1/s1. The molecule has 0 unspecified atom stereocenters. The van der Waals surface area contributed by atoms with Gasteiger partial charge < -0.3 is 10.2 Å². The Bertz CT molecular complexity index is 862. The van der Waals surface area contributed by atoms with E-state index in [0.717, 1.165) is 35.6 Å². The molecular weight excluding hydrogens is 338 g/mol. The first-order valence-electron chi connectivity index (χ1n) is 8.41. The highest BCUT2D eigenvalue weighted by atomic mass is 32.2. The van der Waals surface area contributed by atoms with Crippen LogP contribution in [0.2, 0.25) is 0 Å². The van der Waals surface area contributed by atoms with Crippen molar-refractivity contribution in [1.29, 1.82) is 0 Å². The van der Waals surface area contributed by atoms with Crippen LogP contribution in [-0.2, 0) is 10.0 Å². The van der Waals surface area contributed by atoms with Crippen molar-refractivity contribution in [2.24, 2.45) is 5.92 Å². The van der Waals surface area contributed by atoms with E-state index in [2.05, 4.69) is 10.0 Å². The third kappa shape index (κ3) is 4.70. The van der Waals surface area contributed by atoms with E-state index in [4.69, 9.17) is 0 Å². The molecule has 1 atom stereocenters. The molecule has 25 heavy (non-hydrogen) atoms. The lowest BCUT2D eigenvalue weighted by Gasteiger charge is -2.32. The number of urea groups is 1. The van der Waals surface area contributed by atoms with E-state index in [9.17, 15) is 13.2 Å². The second-order valence-corrected chi connectivity index (χ2v) is 8.36. The molecule has 0 aromatic heterocycles. The Morgan fingerprint density at radius 3 is 2.76 bits per heavy atom. The van der Waals surface area contributed by atoms with Crippen LogP contribution in [-0.4, -0.2) is 45.2 Å². The number of rotatable bonds is 4. The van der Waals surface area contributed by atoms with Crippen molar-refractivity contribution >= 4 is 32.5 Å². The molecule has 1 saturated heterocycles. The molecule has 0 aliphatic carbocycles. The van der Waals surface area contributed by atoms with Gasteiger partial charge in [-0.3, -0.25) is 0 Å². The predicted molar refractivity (Wildman–Crippen MR) is 100 cm³/mol. The van der Waals surface area contributed by atoms with E-state index in [1.165, 1.54) is 0 Å². The van der Waals surface area contributed by atoms with Crippen molar-refractivity contribution in [3.05, 3.63) is 42.5 Å². The molecule has 1 aliphatic heterocycles. The molecule has 2 N–H and O–H groups in total. The Morgan fingerprint density at radius 1 is 1.20 bits per heavy atom. The van der Waals surface area contributed by atoms with Crippen molar-refractivity contribution in [1.82, 2.24) is 9.62 Å². The maximum absolute atomic E-state index is 12.6. The van der Waals surface area contributed by atoms with Gasteiger partial charge in [-0.05, 0) is 30.2 Å². The number of nitrogens with zero attached hydrogens (tertiary/aromatic N) is 1. The number of piperidine rings is 1. The molecule has 0 radical (unpaired) electrons. The SMILES string of the molecule is CS(=O)(=O)NC[C@H]1CCCN(C(=O)Nc2cccc3ccccc23)C1. The Morgan fingerprint density at radius 2 is 1.96 bits per heavy atom. The number of anilines is 1. The van der Waals surface area contributed by atoms with Gasteiger partial charge in [0.2, 0.25) is 10.0 Å². The van der Waals surface area contributed by atoms with E-state index in [-0.39, 0.29) is 11.9 Å². The molecule has 7 heteroatoms. The fraction of sp³-hybridized carbons (Fsp3) is 0.389. The number of benzene rings is 2. The topological polar surface area (TPSA) is 78.5 Å². The van der Waals surface area contributed by atoms with Crippen molar-refractivity contribution in [3.63, 3.8) is 0 Å². The Labute approximate surface area is 148 Å². The number of hydrogen-bond acceptors (Lipinski definition) is 3. The predicted octanol–water partition coefficient (Wildman–Crippen LogP) is 2.63. The Hall–Kier alpha value is -2.12. The average Bonchev–Trinajstić information content (AvgIpc) is 2.60. The fourth-order valence-electron chi connectivity index (χ4n) is 3.21. The summed E-state index contributed by atoms with van der Waals surface area (Å²) in [5, 5.41) is 5.08. The van der Waals surface area contributed by atoms with Gasteiger partial charge >= 0.3 is 6.03 Å². The molecule has 134 valence electrons. The second kappa shape index (κ2) is 7.41. The van der Waals surface area contributed by atoms with Crippen LogP contribution in [0.5, 0.6) is 0 Å². The van der Waals surface area contributed by atoms with Crippen molar-refractivity contribution < 1.29 is 13.2 Å². The first-order valence-corrected chi connectivity index (χ1v) is 10.3. The molecule has 1 heterocycles. The molecule has 0 spiro atoms. The highest BCUT2D eigenvalue weighted by Crippen LogP contribution is 2.24. The Balaban J connectivity index is 1.66. The first kappa shape index (κ1) is 17.7. The maximum atomic E-state index is 12.6. The lowest BCUT2D eigenvalue weighted by molar-refractivity contribution is 0.178. The van der Waals surface area contributed by atoms with Gasteiger partial charge in [-0.2, -0.15) is 0 Å². The summed E-state index contributed by atoms with van der Waals surface area (Å²) in [6, 6.07) is 13.6. The summed E-state index contributed by atoms with van der Waals surface area (Å²) in [4.78, 5) is 14.4. The van der Waals surface area contributed by atoms with E-state index in [0.29, 0.717) is 19.6 Å². The molecule has 1 aliphatic rings. The largest absolute Gasteiger partial charge is 0.324 e. The second-order valence-electron chi connectivity index (χ2n) is 6.53. The summed E-state index contributed by atoms with van der Waals surface area (Å²) in [5.41, 5.74) is 0.791. The van der Waals surface area contributed by atoms with Crippen LogP contribution in [0.3, 0.4) is 0 Å². The van der Waals surface area contributed by atoms with Gasteiger partial charge in [0.05, 0.1) is 11.9 Å². The Kier molecular flexibility index (Phi) is 5.24. The summed E-state index contributed by atoms with van der Waals surface area (Å²) in [6.07, 6.45) is 2.94. The van der Waals surface area contributed by atoms with E-state index in [1.807, 2.05) is 42.5 Å². The van der Waals surface area contributed by atoms with Crippen LogP contribution in [0.1, 0.15) is 12.8 Å². The molecule has 2 aromatic rings. The van der Waals surface area contributed by atoms with E-state index < -0.39 is 10.0 Å². The zero-order valence-corrected chi connectivity index (χ0v) is 15.1. The molecule has 0 saturated carbocycles. The number of sulfonamides is 1. The number of nitrogens with one attached hydrogen (secondary N) is 2. The van der Waals surface area contributed by atoms with Gasteiger partial charge in [0, 0.05) is 25.0 Å². The molecule has 1 fully saturated rings. The van der Waals surface area contributed by atoms with Crippen LogP contribution in [0, 0.1) is 5.92 Å². The van der Waals surface area contributed by atoms with Gasteiger partial charge in [-0.15, -0.1) is 0 Å². The molecular formula is C18H23N3O3S. The first-order chi connectivity index (χ1) is 11.9. The number of fused-ring (bicyclic) bond motifs is 1. The van der Waals surface area contributed by atoms with Gasteiger partial charge in [-0.1, -0.05) is 36.4 Å². The fourth-order valence-corrected chi connectivity index (χ4v) is 3.75. The van der Waals surface area contributed by atoms with Crippen LogP contribution in [0.4, 0.5) is 10.5 Å². The van der Waals surface area contributed by atoms with Crippen LogP contribution in [0.15, 0.2) is 42.5 Å². The number of hydrogen-bond donors (Lipinski definition) is 2. The minimum atomic E-state index is -3.20. The van der Waals surface area contributed by atoms with Crippen LogP contribution >= 0.6 is 0 Å². The number of carbonyl (C=O) groups is 1. The molecule has 3 rings (SSSR count). The maximum Gasteiger partial charge on any atom is 0.321 e. The van der Waals surface area contributed by atoms with Gasteiger partial charge in [0.1, 0.15) is 0 Å². The minimum absolute atomic E-state index is 0.139. The smallest absolute Gasteiger partial charge is 0.321 e. The van der Waals surface area contributed by atoms with E-state index >= 15 is 0 Å². The summed E-state index contributed by atoms with van der Waals surface area (Å²) in [6.45, 7) is 1.61. The van der Waals surface area contributed by atoms with Crippen LogP contribution < -0.4 is 10.0 Å². The third-order valence-electron chi connectivity index (χ3n) is 4.47. The summed E-state index contributed by atoms with van der Waals surface area (Å²) in [5.74, 6) is 0.141. The summed E-state index contributed by atoms with van der Waals surface area (Å²) < 4.78 is 25.0. The number of amides is 2. The van der Waals surface area contributed by atoms with Crippen molar-refractivity contribution in [2.75, 3.05) is 31.2 Å². The van der Waals surface area contributed by atoms with Crippen LogP contribution in [0.25, 0.3) is 10.8 Å². The van der Waals surface area contributed by atoms with E-state index in [1.54, 1.807) is 4.90 Å². The zero-order valence-electron chi connectivity index (χ0n) is 14.2. The number of carbonyl (C=O) groups excluding carboxylic acids is 1. The van der Waals surface area contributed by atoms with Crippen molar-refractivity contribution in [3.8, 4) is 0 Å². The quantitative estimate of drug-likeness (QED) is 0.879. The highest BCUT2D eigenvalue weighted by molar-refractivity contribution is 7.88. The molecule has 0 bridgehead atoms. The van der Waals surface area contributed by atoms with Gasteiger partial charge in [-0.25, -0.2) is 17.9 Å². The number of likely N-dealkylation sites (tertiary alicyclic amines) is 1. The zero-order chi connectivity index (χ0) is 17.9.